The number of aliphatic hydroxyl groups is 1. The fourth-order valence-electron chi connectivity index (χ4n) is 0.473. The summed E-state index contributed by atoms with van der Waals surface area (Å²) in [5.41, 5.74) is 5.07. The van der Waals surface area contributed by atoms with Crippen molar-refractivity contribution >= 4 is 5.97 Å². The van der Waals surface area contributed by atoms with Crippen LogP contribution in [-0.4, -0.2) is 30.3 Å². The summed E-state index contributed by atoms with van der Waals surface area (Å²) in [6, 6.07) is 0. The first kappa shape index (κ1) is 9.39. The molecule has 1 unspecified atom stereocenters. The molecule has 0 rings (SSSR count). The van der Waals surface area contributed by atoms with E-state index in [1.54, 1.807) is 0 Å². The van der Waals surface area contributed by atoms with Crippen molar-refractivity contribution in [1.29, 1.82) is 0 Å². The summed E-state index contributed by atoms with van der Waals surface area (Å²) >= 11 is 0. The van der Waals surface area contributed by atoms with Crippen LogP contribution >= 0.6 is 0 Å². The molecular formula is C6H13NO3. The predicted octanol–water partition coefficient (Wildman–Crippen LogP) is -0.741. The topological polar surface area (TPSA) is 72.5 Å². The Balaban J connectivity index is 3.26. The van der Waals surface area contributed by atoms with Crippen molar-refractivity contribution in [2.45, 2.75) is 19.4 Å². The Morgan fingerprint density at radius 1 is 1.80 bits per heavy atom. The number of carbonyl (C=O) groups is 1. The smallest absolute Gasteiger partial charge is 0.308 e. The molecule has 0 aromatic heterocycles. The van der Waals surface area contributed by atoms with Gasteiger partial charge < -0.3 is 15.6 Å². The van der Waals surface area contributed by atoms with E-state index in [-0.39, 0.29) is 13.0 Å². The van der Waals surface area contributed by atoms with Crippen LogP contribution in [0.4, 0.5) is 0 Å². The lowest BCUT2D eigenvalue weighted by molar-refractivity contribution is -0.145. The fourth-order valence-corrected chi connectivity index (χ4v) is 0.473. The van der Waals surface area contributed by atoms with E-state index < -0.39 is 12.1 Å². The van der Waals surface area contributed by atoms with Crippen molar-refractivity contribution in [1.82, 2.24) is 0 Å². The van der Waals surface area contributed by atoms with E-state index in [4.69, 9.17) is 10.8 Å². The highest BCUT2D eigenvalue weighted by molar-refractivity contribution is 5.69. The summed E-state index contributed by atoms with van der Waals surface area (Å²) in [6.45, 7) is 2.08. The van der Waals surface area contributed by atoms with Gasteiger partial charge in [0.25, 0.3) is 0 Å². The molecule has 0 aromatic carbocycles. The monoisotopic (exact) mass is 147 g/mol. The zero-order valence-electron chi connectivity index (χ0n) is 6.04. The third kappa shape index (κ3) is 5.53. The van der Waals surface area contributed by atoms with Crippen molar-refractivity contribution < 1.29 is 14.6 Å². The quantitative estimate of drug-likeness (QED) is 0.514. The van der Waals surface area contributed by atoms with Crippen molar-refractivity contribution in [2.75, 3.05) is 13.2 Å². The van der Waals surface area contributed by atoms with E-state index in [9.17, 15) is 4.79 Å². The van der Waals surface area contributed by atoms with Gasteiger partial charge in [0.15, 0.2) is 0 Å². The first-order valence-corrected chi connectivity index (χ1v) is 3.20. The molecule has 0 aromatic rings. The highest BCUT2D eigenvalue weighted by Gasteiger charge is 2.05. The Hall–Kier alpha value is -0.610. The largest absolute Gasteiger partial charge is 0.464 e. The van der Waals surface area contributed by atoms with Gasteiger partial charge in [-0.05, 0) is 6.92 Å². The predicted molar refractivity (Wildman–Crippen MR) is 36.3 cm³/mol. The van der Waals surface area contributed by atoms with Crippen LogP contribution in [0, 0.1) is 0 Å². The molecule has 0 saturated heterocycles. The first-order chi connectivity index (χ1) is 4.66. The summed E-state index contributed by atoms with van der Waals surface area (Å²) < 4.78 is 4.58. The van der Waals surface area contributed by atoms with E-state index in [2.05, 4.69) is 4.74 Å². The molecule has 4 heteroatoms. The minimum Gasteiger partial charge on any atom is -0.464 e. The molecule has 0 bridgehead atoms. The molecular weight excluding hydrogens is 134 g/mol. The van der Waals surface area contributed by atoms with E-state index in [0.29, 0.717) is 6.54 Å². The second kappa shape index (κ2) is 5.20. The van der Waals surface area contributed by atoms with Crippen molar-refractivity contribution in [3.63, 3.8) is 0 Å². The summed E-state index contributed by atoms with van der Waals surface area (Å²) in [4.78, 5) is 10.6. The van der Waals surface area contributed by atoms with Crippen LogP contribution < -0.4 is 5.73 Å². The molecule has 10 heavy (non-hydrogen) atoms. The molecule has 4 nitrogen and oxygen atoms in total. The van der Waals surface area contributed by atoms with Gasteiger partial charge in [-0.1, -0.05) is 0 Å². The normalized spacial score (nSPS) is 12.7. The van der Waals surface area contributed by atoms with Gasteiger partial charge in [0, 0.05) is 6.54 Å². The highest BCUT2D eigenvalue weighted by atomic mass is 16.5. The Morgan fingerprint density at radius 3 is 2.80 bits per heavy atom. The Bertz CT molecular complexity index is 103. The Labute approximate surface area is 60.0 Å². The van der Waals surface area contributed by atoms with Gasteiger partial charge in [-0.15, -0.1) is 0 Å². The summed E-state index contributed by atoms with van der Waals surface area (Å²) in [6.07, 6.45) is -0.592. The summed E-state index contributed by atoms with van der Waals surface area (Å²) in [5, 5.41) is 8.69. The minimum absolute atomic E-state index is 0.0417. The number of hydrogen-bond acceptors (Lipinski definition) is 4. The SMILES string of the molecule is CC(O)CC(=O)OCCN. The van der Waals surface area contributed by atoms with Gasteiger partial charge >= 0.3 is 5.97 Å². The van der Waals surface area contributed by atoms with Gasteiger partial charge in [-0.25, -0.2) is 0 Å². The second-order valence-corrected chi connectivity index (χ2v) is 2.06. The Morgan fingerprint density at radius 2 is 2.40 bits per heavy atom. The molecule has 0 fully saturated rings. The summed E-state index contributed by atoms with van der Waals surface area (Å²) in [7, 11) is 0. The fraction of sp³-hybridized carbons (Fsp3) is 0.833. The molecule has 0 heterocycles. The number of nitrogens with two attached hydrogens (primary N) is 1. The van der Waals surface area contributed by atoms with Gasteiger partial charge in [-0.3, -0.25) is 4.79 Å². The lowest BCUT2D eigenvalue weighted by atomic mass is 10.3. The average molecular weight is 147 g/mol. The van der Waals surface area contributed by atoms with E-state index >= 15 is 0 Å². The maximum Gasteiger partial charge on any atom is 0.308 e. The highest BCUT2D eigenvalue weighted by Crippen LogP contribution is 1.91. The van der Waals surface area contributed by atoms with Crippen molar-refractivity contribution in [2.24, 2.45) is 5.73 Å². The number of carbonyl (C=O) groups excluding carboxylic acids is 1. The second-order valence-electron chi connectivity index (χ2n) is 2.06. The first-order valence-electron chi connectivity index (χ1n) is 3.20. The standard InChI is InChI=1S/C6H13NO3/c1-5(8)4-6(9)10-3-2-7/h5,8H,2-4,7H2,1H3. The van der Waals surface area contributed by atoms with E-state index in [0.717, 1.165) is 0 Å². The number of rotatable bonds is 4. The van der Waals surface area contributed by atoms with E-state index in [1.807, 2.05) is 0 Å². The zero-order valence-corrected chi connectivity index (χ0v) is 6.04. The lowest BCUT2D eigenvalue weighted by Gasteiger charge is -2.03. The third-order valence-electron chi connectivity index (χ3n) is 0.843. The molecule has 3 N–H and O–H groups in total. The molecule has 0 aliphatic rings. The third-order valence-corrected chi connectivity index (χ3v) is 0.843. The maximum atomic E-state index is 10.6. The van der Waals surface area contributed by atoms with Crippen LogP contribution in [0.25, 0.3) is 0 Å². The van der Waals surface area contributed by atoms with Gasteiger partial charge in [0.05, 0.1) is 12.5 Å². The Kier molecular flexibility index (Phi) is 4.88. The average Bonchev–Trinajstić information content (AvgIpc) is 1.82. The maximum absolute atomic E-state index is 10.6. The van der Waals surface area contributed by atoms with Crippen molar-refractivity contribution in [3.8, 4) is 0 Å². The van der Waals surface area contributed by atoms with Crippen molar-refractivity contribution in [3.05, 3.63) is 0 Å². The lowest BCUT2D eigenvalue weighted by Crippen LogP contribution is -2.17. The van der Waals surface area contributed by atoms with Crippen LogP contribution in [0.1, 0.15) is 13.3 Å². The molecule has 0 amide bonds. The van der Waals surface area contributed by atoms with Crippen LogP contribution in [0.2, 0.25) is 0 Å². The van der Waals surface area contributed by atoms with Crippen LogP contribution in [-0.2, 0) is 9.53 Å². The molecule has 0 spiro atoms. The number of hydrogen-bond donors (Lipinski definition) is 2. The van der Waals surface area contributed by atoms with Crippen LogP contribution in [0.5, 0.6) is 0 Å². The van der Waals surface area contributed by atoms with E-state index in [1.165, 1.54) is 6.92 Å². The molecule has 60 valence electrons. The van der Waals surface area contributed by atoms with Gasteiger partial charge in [-0.2, -0.15) is 0 Å². The molecule has 1 atom stereocenters. The summed E-state index contributed by atoms with van der Waals surface area (Å²) in [5.74, 6) is -0.402. The molecule has 0 radical (unpaired) electrons. The molecule has 0 aliphatic heterocycles. The number of ether oxygens (including phenoxy) is 1. The van der Waals surface area contributed by atoms with Gasteiger partial charge in [0.1, 0.15) is 6.61 Å². The molecule has 0 saturated carbocycles. The number of aliphatic hydroxyl groups excluding tert-OH is 1. The van der Waals surface area contributed by atoms with Crippen LogP contribution in [0.3, 0.4) is 0 Å². The number of esters is 1. The molecule has 0 aliphatic carbocycles. The van der Waals surface area contributed by atoms with Gasteiger partial charge in [0.2, 0.25) is 0 Å². The zero-order chi connectivity index (χ0) is 7.98. The minimum atomic E-state index is -0.634. The van der Waals surface area contributed by atoms with Crippen LogP contribution in [0.15, 0.2) is 0 Å².